The molecule has 2 aliphatic heterocycles. The molecule has 0 bridgehead atoms. The smallest absolute Gasteiger partial charge is 0.223 e. The zero-order chi connectivity index (χ0) is 15.5. The molecule has 22 heavy (non-hydrogen) atoms. The van der Waals surface area contributed by atoms with E-state index in [0.29, 0.717) is 50.8 Å². The van der Waals surface area contributed by atoms with Gasteiger partial charge in [-0.05, 0) is 24.5 Å². The Labute approximate surface area is 128 Å². The molecule has 0 radical (unpaired) electrons. The van der Waals surface area contributed by atoms with Crippen LogP contribution in [0.2, 0.25) is 0 Å². The van der Waals surface area contributed by atoms with E-state index in [1.54, 1.807) is 0 Å². The van der Waals surface area contributed by atoms with Crippen molar-refractivity contribution in [2.24, 2.45) is 5.92 Å². The van der Waals surface area contributed by atoms with Crippen molar-refractivity contribution in [1.82, 2.24) is 4.90 Å². The molecule has 6 heteroatoms. The van der Waals surface area contributed by atoms with Gasteiger partial charge in [0.2, 0.25) is 5.91 Å². The van der Waals surface area contributed by atoms with E-state index < -0.39 is 11.6 Å². The molecule has 0 saturated carbocycles. The lowest BCUT2D eigenvalue weighted by Crippen LogP contribution is -2.49. The molecule has 0 unspecified atom stereocenters. The monoisotopic (exact) mass is 310 g/mol. The van der Waals surface area contributed by atoms with Crippen LogP contribution in [0, 0.1) is 17.6 Å². The van der Waals surface area contributed by atoms with Crippen molar-refractivity contribution >= 4 is 11.6 Å². The van der Waals surface area contributed by atoms with Crippen LogP contribution in [-0.4, -0.2) is 50.2 Å². The molecule has 1 aromatic carbocycles. The van der Waals surface area contributed by atoms with Gasteiger partial charge in [0.15, 0.2) is 0 Å². The van der Waals surface area contributed by atoms with Crippen LogP contribution in [0.5, 0.6) is 0 Å². The first-order valence-corrected chi connectivity index (χ1v) is 7.69. The summed E-state index contributed by atoms with van der Waals surface area (Å²) in [6, 6.07) is 3.61. The molecule has 120 valence electrons. The summed E-state index contributed by atoms with van der Waals surface area (Å²) in [5, 5.41) is 0. The van der Waals surface area contributed by atoms with Crippen LogP contribution in [-0.2, 0) is 9.53 Å². The molecular formula is C16H20F2N2O2. The molecule has 3 rings (SSSR count). The fourth-order valence-electron chi connectivity index (χ4n) is 3.05. The zero-order valence-electron chi connectivity index (χ0n) is 12.4. The average molecular weight is 310 g/mol. The number of nitrogens with zero attached hydrogens (tertiary/aromatic N) is 2. The molecule has 2 aliphatic rings. The number of rotatable bonds is 3. The molecule has 0 aliphatic carbocycles. The van der Waals surface area contributed by atoms with Gasteiger partial charge in [0.1, 0.15) is 11.6 Å². The molecule has 0 spiro atoms. The maximum absolute atomic E-state index is 13.8. The summed E-state index contributed by atoms with van der Waals surface area (Å²) >= 11 is 0. The first-order valence-electron chi connectivity index (χ1n) is 7.69. The second-order valence-electron chi connectivity index (χ2n) is 5.90. The van der Waals surface area contributed by atoms with E-state index in [4.69, 9.17) is 4.74 Å². The molecule has 1 amide bonds. The number of anilines is 1. The lowest BCUT2D eigenvalue weighted by Gasteiger charge is -2.36. The summed E-state index contributed by atoms with van der Waals surface area (Å²) in [6.07, 6.45) is 1.48. The van der Waals surface area contributed by atoms with E-state index in [0.717, 1.165) is 19.1 Å². The van der Waals surface area contributed by atoms with Gasteiger partial charge in [-0.2, -0.15) is 0 Å². The van der Waals surface area contributed by atoms with E-state index in [2.05, 4.69) is 0 Å². The number of ether oxygens (including phenoxy) is 1. The molecule has 2 heterocycles. The van der Waals surface area contributed by atoms with Gasteiger partial charge in [0.25, 0.3) is 0 Å². The highest BCUT2D eigenvalue weighted by Crippen LogP contribution is 2.23. The van der Waals surface area contributed by atoms with Crippen molar-refractivity contribution in [3.8, 4) is 0 Å². The highest BCUT2D eigenvalue weighted by atomic mass is 19.1. The summed E-state index contributed by atoms with van der Waals surface area (Å²) in [5.41, 5.74) is 0.401. The van der Waals surface area contributed by atoms with Crippen LogP contribution >= 0.6 is 0 Å². The summed E-state index contributed by atoms with van der Waals surface area (Å²) < 4.78 is 32.0. The topological polar surface area (TPSA) is 32.8 Å². The highest BCUT2D eigenvalue weighted by Gasteiger charge is 2.26. The second-order valence-corrected chi connectivity index (χ2v) is 5.90. The molecule has 1 aromatic rings. The Morgan fingerprint density at radius 1 is 1.23 bits per heavy atom. The van der Waals surface area contributed by atoms with Gasteiger partial charge in [-0.25, -0.2) is 8.78 Å². The van der Waals surface area contributed by atoms with Crippen LogP contribution < -0.4 is 4.90 Å². The minimum Gasteiger partial charge on any atom is -0.381 e. The van der Waals surface area contributed by atoms with Crippen molar-refractivity contribution in [1.29, 1.82) is 0 Å². The Bertz CT molecular complexity index is 539. The Morgan fingerprint density at radius 3 is 2.64 bits per heavy atom. The second kappa shape index (κ2) is 6.60. The number of carbonyl (C=O) groups excluding carboxylic acids is 1. The maximum Gasteiger partial charge on any atom is 0.223 e. The SMILES string of the molecule is O=C(C[C@H]1CCOC1)N1CCN(c2ccc(F)cc2F)CC1. The number of piperazine rings is 1. The Balaban J connectivity index is 1.54. The third kappa shape index (κ3) is 3.38. The van der Waals surface area contributed by atoms with Crippen LogP contribution in [0.25, 0.3) is 0 Å². The van der Waals surface area contributed by atoms with Gasteiger partial charge in [-0.3, -0.25) is 4.79 Å². The minimum absolute atomic E-state index is 0.148. The summed E-state index contributed by atoms with van der Waals surface area (Å²) in [4.78, 5) is 15.9. The molecule has 2 fully saturated rings. The quantitative estimate of drug-likeness (QED) is 0.856. The lowest BCUT2D eigenvalue weighted by atomic mass is 10.0. The van der Waals surface area contributed by atoms with E-state index in [-0.39, 0.29) is 5.91 Å². The fraction of sp³-hybridized carbons (Fsp3) is 0.562. The van der Waals surface area contributed by atoms with Crippen LogP contribution in [0.15, 0.2) is 18.2 Å². The summed E-state index contributed by atoms with van der Waals surface area (Å²) in [6.45, 7) is 3.69. The van der Waals surface area contributed by atoms with Crippen molar-refractivity contribution in [2.75, 3.05) is 44.3 Å². The van der Waals surface area contributed by atoms with Crippen LogP contribution in [0.1, 0.15) is 12.8 Å². The maximum atomic E-state index is 13.8. The van der Waals surface area contributed by atoms with E-state index in [9.17, 15) is 13.6 Å². The van der Waals surface area contributed by atoms with Crippen molar-refractivity contribution in [3.63, 3.8) is 0 Å². The predicted molar refractivity (Wildman–Crippen MR) is 78.7 cm³/mol. The van der Waals surface area contributed by atoms with Crippen molar-refractivity contribution < 1.29 is 18.3 Å². The van der Waals surface area contributed by atoms with Gasteiger partial charge in [-0.1, -0.05) is 0 Å². The number of benzene rings is 1. The normalized spacial score (nSPS) is 22.2. The number of hydrogen-bond donors (Lipinski definition) is 0. The standard InChI is InChI=1S/C16H20F2N2O2/c17-13-1-2-15(14(18)10-13)19-4-6-20(7-5-19)16(21)9-12-3-8-22-11-12/h1-2,10,12H,3-9,11H2/t12-/m1/s1. The van der Waals surface area contributed by atoms with Gasteiger partial charge in [0.05, 0.1) is 5.69 Å². The van der Waals surface area contributed by atoms with Gasteiger partial charge < -0.3 is 14.5 Å². The fourth-order valence-corrected chi connectivity index (χ4v) is 3.05. The lowest BCUT2D eigenvalue weighted by molar-refractivity contribution is -0.132. The third-order valence-corrected chi connectivity index (χ3v) is 4.37. The largest absolute Gasteiger partial charge is 0.381 e. The first kappa shape index (κ1) is 15.2. The molecule has 2 saturated heterocycles. The van der Waals surface area contributed by atoms with E-state index in [1.165, 1.54) is 12.1 Å². The Kier molecular flexibility index (Phi) is 4.57. The summed E-state index contributed by atoms with van der Waals surface area (Å²) in [5.74, 6) is -0.647. The predicted octanol–water partition coefficient (Wildman–Crippen LogP) is 2.04. The van der Waals surface area contributed by atoms with Gasteiger partial charge >= 0.3 is 0 Å². The average Bonchev–Trinajstić information content (AvgIpc) is 3.00. The number of halogens is 2. The van der Waals surface area contributed by atoms with Gasteiger partial charge in [0, 0.05) is 51.9 Å². The van der Waals surface area contributed by atoms with E-state index >= 15 is 0 Å². The molecule has 4 nitrogen and oxygen atoms in total. The Morgan fingerprint density at radius 2 is 2.00 bits per heavy atom. The molecule has 0 aromatic heterocycles. The zero-order valence-corrected chi connectivity index (χ0v) is 12.4. The first-order chi connectivity index (χ1) is 10.6. The number of hydrogen-bond acceptors (Lipinski definition) is 3. The number of carbonyl (C=O) groups is 1. The Hall–Kier alpha value is -1.69. The molecule has 0 N–H and O–H groups in total. The van der Waals surface area contributed by atoms with Crippen LogP contribution in [0.3, 0.4) is 0 Å². The third-order valence-electron chi connectivity index (χ3n) is 4.37. The minimum atomic E-state index is -0.575. The molecule has 1 atom stereocenters. The number of amides is 1. The summed E-state index contributed by atoms with van der Waals surface area (Å²) in [7, 11) is 0. The van der Waals surface area contributed by atoms with E-state index in [1.807, 2.05) is 9.80 Å². The van der Waals surface area contributed by atoms with Gasteiger partial charge in [-0.15, -0.1) is 0 Å². The van der Waals surface area contributed by atoms with Crippen LogP contribution in [0.4, 0.5) is 14.5 Å². The van der Waals surface area contributed by atoms with Crippen molar-refractivity contribution in [2.45, 2.75) is 12.8 Å². The molecular weight excluding hydrogens is 290 g/mol. The highest BCUT2D eigenvalue weighted by molar-refractivity contribution is 5.76. The van der Waals surface area contributed by atoms with Crippen molar-refractivity contribution in [3.05, 3.63) is 29.8 Å².